The molecule has 0 radical (unpaired) electrons. The van der Waals surface area contributed by atoms with Crippen LogP contribution in [0.15, 0.2) is 46.1 Å². The lowest BCUT2D eigenvalue weighted by Crippen LogP contribution is -2.31. The SMILES string of the molecule is CCn1c(CN2CCCCCC2=O)nnc1SC(C(=O)Nc1cc(C)on1)c1ccccc1. The molecule has 2 amide bonds. The van der Waals surface area contributed by atoms with Gasteiger partial charge in [0.2, 0.25) is 11.8 Å². The van der Waals surface area contributed by atoms with Crippen molar-refractivity contribution in [3.63, 3.8) is 0 Å². The fraction of sp³-hybridized carbons (Fsp3) is 0.435. The van der Waals surface area contributed by atoms with E-state index in [1.165, 1.54) is 11.8 Å². The molecule has 1 aliphatic rings. The summed E-state index contributed by atoms with van der Waals surface area (Å²) in [6.45, 7) is 5.59. The first-order chi connectivity index (χ1) is 16.0. The van der Waals surface area contributed by atoms with Crippen molar-refractivity contribution < 1.29 is 14.1 Å². The van der Waals surface area contributed by atoms with Crippen molar-refractivity contribution in [3.05, 3.63) is 53.5 Å². The number of hydrogen-bond acceptors (Lipinski definition) is 7. The Kier molecular flexibility index (Phi) is 7.43. The van der Waals surface area contributed by atoms with Crippen LogP contribution < -0.4 is 5.32 Å². The zero-order valence-electron chi connectivity index (χ0n) is 18.9. The van der Waals surface area contributed by atoms with Gasteiger partial charge in [0.05, 0.1) is 6.54 Å². The largest absolute Gasteiger partial charge is 0.360 e. The Hall–Kier alpha value is -3.14. The fourth-order valence-corrected chi connectivity index (χ4v) is 4.96. The van der Waals surface area contributed by atoms with Crippen LogP contribution >= 0.6 is 11.8 Å². The smallest absolute Gasteiger partial charge is 0.243 e. The Morgan fingerprint density at radius 1 is 1.21 bits per heavy atom. The predicted octanol–water partition coefficient (Wildman–Crippen LogP) is 3.97. The molecule has 1 aromatic carbocycles. The van der Waals surface area contributed by atoms with Crippen molar-refractivity contribution in [1.82, 2.24) is 24.8 Å². The number of thioether (sulfide) groups is 1. The van der Waals surface area contributed by atoms with Crippen molar-refractivity contribution in [1.29, 1.82) is 0 Å². The molecule has 0 aliphatic carbocycles. The minimum absolute atomic E-state index is 0.164. The molecule has 0 bridgehead atoms. The Labute approximate surface area is 196 Å². The second-order valence-electron chi connectivity index (χ2n) is 7.99. The average Bonchev–Trinajstić information content (AvgIpc) is 3.34. The van der Waals surface area contributed by atoms with E-state index in [1.54, 1.807) is 13.0 Å². The first kappa shape index (κ1) is 23.0. The van der Waals surface area contributed by atoms with E-state index < -0.39 is 5.25 Å². The molecule has 1 aliphatic heterocycles. The topological polar surface area (TPSA) is 106 Å². The summed E-state index contributed by atoms with van der Waals surface area (Å²) in [5.41, 5.74) is 0.843. The highest BCUT2D eigenvalue weighted by Crippen LogP contribution is 2.36. The van der Waals surface area contributed by atoms with Gasteiger partial charge in [0.15, 0.2) is 16.8 Å². The van der Waals surface area contributed by atoms with Crippen LogP contribution in [-0.2, 0) is 22.7 Å². The average molecular weight is 469 g/mol. The standard InChI is InChI=1S/C23H28N6O3S/c1-3-29-19(15-28-13-9-5-8-12-20(28)30)25-26-23(29)33-21(17-10-6-4-7-11-17)22(31)24-18-14-16(2)32-27-18/h4,6-7,10-11,14,21H,3,5,8-9,12-13,15H2,1-2H3,(H,24,27,31). The van der Waals surface area contributed by atoms with E-state index in [4.69, 9.17) is 4.52 Å². The summed E-state index contributed by atoms with van der Waals surface area (Å²) < 4.78 is 7.05. The summed E-state index contributed by atoms with van der Waals surface area (Å²) in [6.07, 6.45) is 3.60. The zero-order valence-corrected chi connectivity index (χ0v) is 19.7. The second-order valence-corrected chi connectivity index (χ2v) is 9.06. The number of carbonyl (C=O) groups is 2. The van der Waals surface area contributed by atoms with E-state index in [0.717, 1.165) is 37.2 Å². The van der Waals surface area contributed by atoms with E-state index in [0.29, 0.717) is 36.2 Å². The monoisotopic (exact) mass is 468 g/mol. The molecule has 2 aromatic heterocycles. The van der Waals surface area contributed by atoms with E-state index >= 15 is 0 Å². The molecule has 9 nitrogen and oxygen atoms in total. The van der Waals surface area contributed by atoms with Gasteiger partial charge in [-0.3, -0.25) is 9.59 Å². The van der Waals surface area contributed by atoms with Gasteiger partial charge in [0.25, 0.3) is 0 Å². The van der Waals surface area contributed by atoms with Crippen LogP contribution in [0.2, 0.25) is 0 Å². The van der Waals surface area contributed by atoms with Gasteiger partial charge in [-0.2, -0.15) is 0 Å². The van der Waals surface area contributed by atoms with E-state index in [9.17, 15) is 9.59 Å². The normalized spacial score (nSPS) is 15.3. The molecule has 1 atom stereocenters. The molecule has 10 heteroatoms. The number of hydrogen-bond donors (Lipinski definition) is 1. The molecule has 1 fully saturated rings. The first-order valence-corrected chi connectivity index (χ1v) is 12.1. The third kappa shape index (κ3) is 5.62. The quantitative estimate of drug-likeness (QED) is 0.499. The maximum Gasteiger partial charge on any atom is 0.243 e. The summed E-state index contributed by atoms with van der Waals surface area (Å²) in [4.78, 5) is 27.5. The summed E-state index contributed by atoms with van der Waals surface area (Å²) >= 11 is 1.33. The van der Waals surface area contributed by atoms with Crippen molar-refractivity contribution in [2.45, 2.75) is 63.0 Å². The Morgan fingerprint density at radius 3 is 2.76 bits per heavy atom. The van der Waals surface area contributed by atoms with Gasteiger partial charge in [0.1, 0.15) is 11.0 Å². The first-order valence-electron chi connectivity index (χ1n) is 11.2. The number of amides is 2. The van der Waals surface area contributed by atoms with Gasteiger partial charge in [0, 0.05) is 25.6 Å². The van der Waals surface area contributed by atoms with Gasteiger partial charge in [-0.15, -0.1) is 10.2 Å². The van der Waals surface area contributed by atoms with Crippen LogP contribution in [0.25, 0.3) is 0 Å². The van der Waals surface area contributed by atoms with Gasteiger partial charge >= 0.3 is 0 Å². The van der Waals surface area contributed by atoms with Gasteiger partial charge in [-0.1, -0.05) is 53.7 Å². The Bertz CT molecular complexity index is 1100. The number of carbonyl (C=O) groups excluding carboxylic acids is 2. The van der Waals surface area contributed by atoms with Crippen LogP contribution in [0.4, 0.5) is 5.82 Å². The predicted molar refractivity (Wildman–Crippen MR) is 124 cm³/mol. The maximum absolute atomic E-state index is 13.2. The summed E-state index contributed by atoms with van der Waals surface area (Å²) in [6, 6.07) is 11.2. The number of aryl methyl sites for hydroxylation is 1. The molecule has 3 aromatic rings. The summed E-state index contributed by atoms with van der Waals surface area (Å²) in [7, 11) is 0. The van der Waals surface area contributed by atoms with E-state index in [1.807, 2.05) is 46.7 Å². The number of likely N-dealkylation sites (tertiary alicyclic amines) is 1. The molecule has 174 valence electrons. The molecule has 0 spiro atoms. The number of benzene rings is 1. The van der Waals surface area contributed by atoms with Crippen LogP contribution in [0.1, 0.15) is 55.0 Å². The molecule has 4 rings (SSSR count). The maximum atomic E-state index is 13.2. The molecular formula is C23H28N6O3S. The third-order valence-corrected chi connectivity index (χ3v) is 6.79. The number of rotatable bonds is 8. The molecule has 1 saturated heterocycles. The molecule has 1 unspecified atom stereocenters. The highest BCUT2D eigenvalue weighted by atomic mass is 32.2. The van der Waals surface area contributed by atoms with Crippen LogP contribution in [-0.4, -0.2) is 43.2 Å². The molecule has 0 saturated carbocycles. The van der Waals surface area contributed by atoms with Crippen LogP contribution in [0, 0.1) is 6.92 Å². The molecular weight excluding hydrogens is 440 g/mol. The minimum Gasteiger partial charge on any atom is -0.360 e. The van der Waals surface area contributed by atoms with Crippen molar-refractivity contribution in [3.8, 4) is 0 Å². The number of nitrogens with one attached hydrogen (secondary N) is 1. The third-order valence-electron chi connectivity index (χ3n) is 5.56. The fourth-order valence-electron chi connectivity index (χ4n) is 3.84. The van der Waals surface area contributed by atoms with Crippen molar-refractivity contribution in [2.75, 3.05) is 11.9 Å². The lowest BCUT2D eigenvalue weighted by Gasteiger charge is -2.20. The van der Waals surface area contributed by atoms with Gasteiger partial charge in [-0.05, 0) is 32.3 Å². The molecule has 1 N–H and O–H groups in total. The Balaban J connectivity index is 1.56. The van der Waals surface area contributed by atoms with Crippen LogP contribution in [0.3, 0.4) is 0 Å². The van der Waals surface area contributed by atoms with Gasteiger partial charge < -0.3 is 19.3 Å². The number of nitrogens with zero attached hydrogens (tertiary/aromatic N) is 5. The Morgan fingerprint density at radius 2 is 2.03 bits per heavy atom. The summed E-state index contributed by atoms with van der Waals surface area (Å²) in [5, 5.41) is 15.5. The molecule has 33 heavy (non-hydrogen) atoms. The van der Waals surface area contributed by atoms with Gasteiger partial charge in [-0.25, -0.2) is 0 Å². The van der Waals surface area contributed by atoms with Crippen molar-refractivity contribution in [2.24, 2.45) is 0 Å². The highest BCUT2D eigenvalue weighted by molar-refractivity contribution is 8.00. The minimum atomic E-state index is -0.564. The van der Waals surface area contributed by atoms with E-state index in [-0.39, 0.29) is 11.8 Å². The molecule has 3 heterocycles. The van der Waals surface area contributed by atoms with Crippen LogP contribution in [0.5, 0.6) is 0 Å². The summed E-state index contributed by atoms with van der Waals surface area (Å²) in [5.74, 6) is 1.66. The second kappa shape index (κ2) is 10.7. The van der Waals surface area contributed by atoms with Crippen molar-refractivity contribution >= 4 is 29.4 Å². The number of aromatic nitrogens is 4. The lowest BCUT2D eigenvalue weighted by atomic mass is 10.1. The highest BCUT2D eigenvalue weighted by Gasteiger charge is 2.27. The number of anilines is 1. The lowest BCUT2D eigenvalue weighted by molar-refractivity contribution is -0.131. The van der Waals surface area contributed by atoms with E-state index in [2.05, 4.69) is 20.7 Å². The zero-order chi connectivity index (χ0) is 23.2.